The Kier molecular flexibility index (Phi) is 3.16. The van der Waals surface area contributed by atoms with E-state index in [1.807, 2.05) is 12.1 Å². The number of benzene rings is 2. The van der Waals surface area contributed by atoms with Gasteiger partial charge in [-0.05, 0) is 30.3 Å². The molecule has 0 bridgehead atoms. The number of nitrogen functional groups attached to an aromatic ring is 1. The van der Waals surface area contributed by atoms with Crippen molar-refractivity contribution in [2.75, 3.05) is 11.1 Å². The number of nitrogens with two attached hydrogens (primary N) is 1. The van der Waals surface area contributed by atoms with Crippen molar-refractivity contribution in [2.24, 2.45) is 0 Å². The van der Waals surface area contributed by atoms with Crippen LogP contribution in [0.25, 0.3) is 10.9 Å². The topological polar surface area (TPSA) is 50.9 Å². The molecule has 0 radical (unpaired) electrons. The average molecular weight is 288 g/mol. The minimum Gasteiger partial charge on any atom is -0.398 e. The van der Waals surface area contributed by atoms with Gasteiger partial charge in [0.15, 0.2) is 5.82 Å². The van der Waals surface area contributed by atoms with Gasteiger partial charge in [-0.1, -0.05) is 23.7 Å². The highest BCUT2D eigenvalue weighted by Crippen LogP contribution is 2.33. The van der Waals surface area contributed by atoms with Crippen molar-refractivity contribution in [2.45, 2.75) is 0 Å². The van der Waals surface area contributed by atoms with Gasteiger partial charge in [0.1, 0.15) is 5.69 Å². The molecule has 3 rings (SSSR count). The molecule has 0 saturated heterocycles. The molecule has 20 heavy (non-hydrogen) atoms. The molecular weight excluding hydrogens is 277 g/mol. The molecular formula is C15H11ClFN3. The number of pyridine rings is 1. The summed E-state index contributed by atoms with van der Waals surface area (Å²) in [6.07, 6.45) is 1.60. The van der Waals surface area contributed by atoms with Crippen molar-refractivity contribution in [3.05, 3.63) is 59.5 Å². The molecule has 0 aliphatic heterocycles. The van der Waals surface area contributed by atoms with E-state index in [1.54, 1.807) is 30.5 Å². The van der Waals surface area contributed by atoms with Crippen LogP contribution in [-0.2, 0) is 0 Å². The molecule has 1 heterocycles. The monoisotopic (exact) mass is 287 g/mol. The van der Waals surface area contributed by atoms with Crippen LogP contribution >= 0.6 is 11.6 Å². The lowest BCUT2D eigenvalue weighted by Gasteiger charge is -2.12. The van der Waals surface area contributed by atoms with E-state index in [0.29, 0.717) is 27.3 Å². The summed E-state index contributed by atoms with van der Waals surface area (Å²) in [7, 11) is 0. The first-order chi connectivity index (χ1) is 9.66. The van der Waals surface area contributed by atoms with E-state index in [4.69, 9.17) is 17.3 Å². The highest BCUT2D eigenvalue weighted by Gasteiger charge is 2.13. The molecule has 0 unspecified atom stereocenters. The third-order valence-corrected chi connectivity index (χ3v) is 3.34. The Labute approximate surface area is 120 Å². The van der Waals surface area contributed by atoms with E-state index in [-0.39, 0.29) is 5.69 Å². The SMILES string of the molecule is Nc1cc(F)c(Nc2ccccc2Cl)c2ncccc12. The van der Waals surface area contributed by atoms with Gasteiger partial charge < -0.3 is 11.1 Å². The first-order valence-corrected chi connectivity index (χ1v) is 6.39. The van der Waals surface area contributed by atoms with Crippen LogP contribution in [0.2, 0.25) is 5.02 Å². The Morgan fingerprint density at radius 2 is 1.95 bits per heavy atom. The lowest BCUT2D eigenvalue weighted by Crippen LogP contribution is -1.99. The molecule has 5 heteroatoms. The van der Waals surface area contributed by atoms with Gasteiger partial charge in [0.2, 0.25) is 0 Å². The van der Waals surface area contributed by atoms with Gasteiger partial charge in [-0.15, -0.1) is 0 Å². The summed E-state index contributed by atoms with van der Waals surface area (Å²) in [6.45, 7) is 0. The molecule has 1 aromatic heterocycles. The van der Waals surface area contributed by atoms with E-state index >= 15 is 0 Å². The Bertz CT molecular complexity index is 789. The van der Waals surface area contributed by atoms with Gasteiger partial charge >= 0.3 is 0 Å². The van der Waals surface area contributed by atoms with Crippen LogP contribution in [0.5, 0.6) is 0 Å². The third kappa shape index (κ3) is 2.14. The molecule has 0 spiro atoms. The standard InChI is InChI=1S/C15H11ClFN3/c16-10-5-1-2-6-13(10)20-15-11(17)8-12(18)9-4-3-7-19-14(9)15/h1-8,20H,18H2. The highest BCUT2D eigenvalue weighted by molar-refractivity contribution is 6.33. The van der Waals surface area contributed by atoms with Gasteiger partial charge in [0.05, 0.1) is 16.2 Å². The van der Waals surface area contributed by atoms with E-state index in [0.717, 1.165) is 0 Å². The number of fused-ring (bicyclic) bond motifs is 1. The maximum atomic E-state index is 14.2. The zero-order valence-corrected chi connectivity index (χ0v) is 11.2. The molecule has 0 atom stereocenters. The molecule has 0 aliphatic carbocycles. The molecule has 3 N–H and O–H groups in total. The zero-order chi connectivity index (χ0) is 14.1. The number of rotatable bonds is 2. The number of para-hydroxylation sites is 1. The van der Waals surface area contributed by atoms with Crippen LogP contribution in [0.3, 0.4) is 0 Å². The maximum Gasteiger partial charge on any atom is 0.150 e. The Morgan fingerprint density at radius 1 is 1.15 bits per heavy atom. The summed E-state index contributed by atoms with van der Waals surface area (Å²) in [4.78, 5) is 4.20. The molecule has 3 nitrogen and oxygen atoms in total. The zero-order valence-electron chi connectivity index (χ0n) is 10.4. The van der Waals surface area contributed by atoms with Crippen molar-refractivity contribution in [1.29, 1.82) is 0 Å². The number of hydrogen-bond donors (Lipinski definition) is 2. The summed E-state index contributed by atoms with van der Waals surface area (Å²) in [5, 5.41) is 4.19. The Balaban J connectivity index is 2.19. The second-order valence-electron chi connectivity index (χ2n) is 4.33. The fourth-order valence-electron chi connectivity index (χ4n) is 2.05. The largest absolute Gasteiger partial charge is 0.398 e. The van der Waals surface area contributed by atoms with Crippen LogP contribution in [-0.4, -0.2) is 4.98 Å². The summed E-state index contributed by atoms with van der Waals surface area (Å²) < 4.78 is 14.2. The van der Waals surface area contributed by atoms with Gasteiger partial charge in [0.25, 0.3) is 0 Å². The van der Waals surface area contributed by atoms with E-state index in [9.17, 15) is 4.39 Å². The molecule has 0 saturated carbocycles. The summed E-state index contributed by atoms with van der Waals surface area (Å²) in [5.41, 5.74) is 7.53. The minimum atomic E-state index is -0.464. The average Bonchev–Trinajstić information content (AvgIpc) is 2.45. The molecule has 0 fully saturated rings. The number of aromatic nitrogens is 1. The van der Waals surface area contributed by atoms with Crippen molar-refractivity contribution in [3.8, 4) is 0 Å². The van der Waals surface area contributed by atoms with Crippen LogP contribution in [0.4, 0.5) is 21.5 Å². The normalized spacial score (nSPS) is 10.7. The van der Waals surface area contributed by atoms with Crippen LogP contribution in [0, 0.1) is 5.82 Å². The highest BCUT2D eigenvalue weighted by atomic mass is 35.5. The van der Waals surface area contributed by atoms with E-state index in [1.165, 1.54) is 6.07 Å². The van der Waals surface area contributed by atoms with E-state index < -0.39 is 5.82 Å². The van der Waals surface area contributed by atoms with Crippen LogP contribution in [0.1, 0.15) is 0 Å². The fraction of sp³-hybridized carbons (Fsp3) is 0. The number of nitrogens with one attached hydrogen (secondary N) is 1. The van der Waals surface area contributed by atoms with Gasteiger partial charge in [0, 0.05) is 17.3 Å². The Hall–Kier alpha value is -2.33. The van der Waals surface area contributed by atoms with Crippen LogP contribution in [0.15, 0.2) is 48.7 Å². The molecule has 100 valence electrons. The maximum absolute atomic E-state index is 14.2. The lowest BCUT2D eigenvalue weighted by atomic mass is 10.1. The minimum absolute atomic E-state index is 0.267. The molecule has 0 aliphatic rings. The second kappa shape index (κ2) is 4.98. The smallest absolute Gasteiger partial charge is 0.150 e. The number of anilines is 3. The van der Waals surface area contributed by atoms with Crippen LogP contribution < -0.4 is 11.1 Å². The first kappa shape index (κ1) is 12.7. The molecule has 2 aromatic carbocycles. The van der Waals surface area contributed by atoms with Gasteiger partial charge in [-0.25, -0.2) is 4.39 Å². The van der Waals surface area contributed by atoms with Gasteiger partial charge in [-0.2, -0.15) is 0 Å². The first-order valence-electron chi connectivity index (χ1n) is 6.01. The second-order valence-corrected chi connectivity index (χ2v) is 4.73. The summed E-state index contributed by atoms with van der Waals surface area (Å²) in [5.74, 6) is -0.464. The third-order valence-electron chi connectivity index (χ3n) is 3.01. The van der Waals surface area contributed by atoms with Crippen molar-refractivity contribution < 1.29 is 4.39 Å². The number of halogens is 2. The molecule has 3 aromatic rings. The summed E-state index contributed by atoms with van der Waals surface area (Å²) in [6, 6.07) is 12.0. The van der Waals surface area contributed by atoms with Crippen molar-refractivity contribution in [3.63, 3.8) is 0 Å². The lowest BCUT2D eigenvalue weighted by molar-refractivity contribution is 0.634. The number of hydrogen-bond acceptors (Lipinski definition) is 3. The van der Waals surface area contributed by atoms with Gasteiger partial charge in [-0.3, -0.25) is 4.98 Å². The van der Waals surface area contributed by atoms with Crippen molar-refractivity contribution >= 4 is 39.6 Å². The fourth-order valence-corrected chi connectivity index (χ4v) is 2.24. The van der Waals surface area contributed by atoms with Crippen molar-refractivity contribution in [1.82, 2.24) is 4.98 Å². The Morgan fingerprint density at radius 3 is 2.75 bits per heavy atom. The predicted octanol–water partition coefficient (Wildman–Crippen LogP) is 4.35. The molecule has 0 amide bonds. The van der Waals surface area contributed by atoms with E-state index in [2.05, 4.69) is 10.3 Å². The number of nitrogens with zero attached hydrogens (tertiary/aromatic N) is 1. The summed E-state index contributed by atoms with van der Waals surface area (Å²) >= 11 is 6.08. The quantitative estimate of drug-likeness (QED) is 0.689. The predicted molar refractivity (Wildman–Crippen MR) is 80.8 cm³/mol.